The lowest BCUT2D eigenvalue weighted by Gasteiger charge is -2.18. The summed E-state index contributed by atoms with van der Waals surface area (Å²) >= 11 is 0. The number of carbonyl (C=O) groups excluding carboxylic acids is 3. The van der Waals surface area contributed by atoms with Crippen LogP contribution in [-0.4, -0.2) is 37.2 Å². The molecule has 0 aliphatic carbocycles. The zero-order chi connectivity index (χ0) is 40.1. The smallest absolute Gasteiger partial charge is 0.306 e. The van der Waals surface area contributed by atoms with Gasteiger partial charge < -0.3 is 14.2 Å². The van der Waals surface area contributed by atoms with Crippen molar-refractivity contribution in [2.75, 3.05) is 13.2 Å². The van der Waals surface area contributed by atoms with Crippen LogP contribution in [0.5, 0.6) is 0 Å². The van der Waals surface area contributed by atoms with Gasteiger partial charge in [-0.1, -0.05) is 190 Å². The summed E-state index contributed by atoms with van der Waals surface area (Å²) in [6.07, 6.45) is 53.1. The second-order valence-corrected chi connectivity index (χ2v) is 14.7. The Balaban J connectivity index is 4.48. The van der Waals surface area contributed by atoms with Gasteiger partial charge in [-0.3, -0.25) is 14.4 Å². The molecule has 0 rings (SSSR count). The first kappa shape index (κ1) is 51.9. The van der Waals surface area contributed by atoms with Gasteiger partial charge in [-0.05, 0) is 64.2 Å². The molecule has 0 amide bonds. The zero-order valence-corrected chi connectivity index (χ0v) is 35.7. The first-order valence-corrected chi connectivity index (χ1v) is 22.5. The van der Waals surface area contributed by atoms with Gasteiger partial charge in [0.2, 0.25) is 0 Å². The minimum atomic E-state index is -0.792. The van der Waals surface area contributed by atoms with Gasteiger partial charge >= 0.3 is 17.9 Å². The summed E-state index contributed by atoms with van der Waals surface area (Å²) in [6.45, 7) is 6.39. The predicted octanol–water partition coefficient (Wildman–Crippen LogP) is 14.3. The van der Waals surface area contributed by atoms with Crippen molar-refractivity contribution < 1.29 is 28.6 Å². The van der Waals surface area contributed by atoms with Crippen LogP contribution in [0.1, 0.15) is 201 Å². The number of allylic oxidation sites excluding steroid dienone is 12. The summed E-state index contributed by atoms with van der Waals surface area (Å²) in [6, 6.07) is 0. The maximum absolute atomic E-state index is 12.7. The van der Waals surface area contributed by atoms with E-state index in [1.165, 1.54) is 77.0 Å². The molecule has 314 valence electrons. The zero-order valence-electron chi connectivity index (χ0n) is 35.7. The van der Waals surface area contributed by atoms with Crippen molar-refractivity contribution in [2.24, 2.45) is 0 Å². The summed E-state index contributed by atoms with van der Waals surface area (Å²) in [4.78, 5) is 37.7. The van der Waals surface area contributed by atoms with Gasteiger partial charge in [0, 0.05) is 19.3 Å². The van der Waals surface area contributed by atoms with E-state index in [1.807, 2.05) is 48.6 Å². The monoisotopic (exact) mass is 767 g/mol. The van der Waals surface area contributed by atoms with Gasteiger partial charge in [0.1, 0.15) is 13.2 Å². The Hall–Kier alpha value is -3.15. The van der Waals surface area contributed by atoms with E-state index >= 15 is 0 Å². The van der Waals surface area contributed by atoms with Crippen LogP contribution >= 0.6 is 0 Å². The lowest BCUT2D eigenvalue weighted by molar-refractivity contribution is -0.167. The number of hydrogen-bond donors (Lipinski definition) is 0. The van der Waals surface area contributed by atoms with Crippen LogP contribution in [0.25, 0.3) is 0 Å². The molecule has 0 N–H and O–H groups in total. The van der Waals surface area contributed by atoms with E-state index in [0.29, 0.717) is 19.3 Å². The molecule has 0 aromatic rings. The van der Waals surface area contributed by atoms with Crippen LogP contribution in [-0.2, 0) is 28.6 Å². The molecule has 0 saturated carbocycles. The van der Waals surface area contributed by atoms with Gasteiger partial charge in [-0.15, -0.1) is 0 Å². The van der Waals surface area contributed by atoms with Gasteiger partial charge in [0.25, 0.3) is 0 Å². The molecule has 0 bridgehead atoms. The molecule has 0 saturated heterocycles. The third-order valence-corrected chi connectivity index (χ3v) is 9.32. The summed E-state index contributed by atoms with van der Waals surface area (Å²) in [7, 11) is 0. The molecule has 0 aromatic heterocycles. The number of rotatable bonds is 39. The second-order valence-electron chi connectivity index (χ2n) is 14.7. The second kappa shape index (κ2) is 43.6. The highest BCUT2D eigenvalue weighted by Gasteiger charge is 2.19. The molecular weight excluding hydrogens is 685 g/mol. The fourth-order valence-electron chi connectivity index (χ4n) is 5.93. The molecule has 6 heteroatoms. The van der Waals surface area contributed by atoms with Crippen LogP contribution in [0.15, 0.2) is 72.9 Å². The topological polar surface area (TPSA) is 78.9 Å². The van der Waals surface area contributed by atoms with E-state index in [9.17, 15) is 14.4 Å². The van der Waals surface area contributed by atoms with Crippen LogP contribution in [0.4, 0.5) is 0 Å². The number of esters is 3. The molecule has 1 unspecified atom stereocenters. The highest BCUT2D eigenvalue weighted by atomic mass is 16.6. The molecule has 0 aromatic carbocycles. The van der Waals surface area contributed by atoms with Gasteiger partial charge in [-0.2, -0.15) is 0 Å². The van der Waals surface area contributed by atoms with Gasteiger partial charge in [0.05, 0.1) is 0 Å². The highest BCUT2D eigenvalue weighted by Crippen LogP contribution is 2.13. The molecule has 0 fully saturated rings. The summed E-state index contributed by atoms with van der Waals surface area (Å²) in [5.74, 6) is -0.952. The van der Waals surface area contributed by atoms with E-state index < -0.39 is 6.10 Å². The largest absolute Gasteiger partial charge is 0.462 e. The van der Waals surface area contributed by atoms with E-state index in [-0.39, 0.29) is 31.1 Å². The van der Waals surface area contributed by atoms with E-state index in [2.05, 4.69) is 45.1 Å². The predicted molar refractivity (Wildman–Crippen MR) is 233 cm³/mol. The molecule has 0 radical (unpaired) electrons. The highest BCUT2D eigenvalue weighted by molar-refractivity contribution is 5.71. The number of carbonyl (C=O) groups is 3. The minimum Gasteiger partial charge on any atom is -0.462 e. The number of hydrogen-bond acceptors (Lipinski definition) is 6. The Labute approximate surface area is 338 Å². The quantitative estimate of drug-likeness (QED) is 0.0204. The average molecular weight is 767 g/mol. The molecule has 0 heterocycles. The third kappa shape index (κ3) is 41.8. The van der Waals surface area contributed by atoms with Crippen molar-refractivity contribution in [3.8, 4) is 0 Å². The molecule has 6 nitrogen and oxygen atoms in total. The Morgan fingerprint density at radius 3 is 1.22 bits per heavy atom. The van der Waals surface area contributed by atoms with Crippen molar-refractivity contribution in [3.05, 3.63) is 72.9 Å². The average Bonchev–Trinajstić information content (AvgIpc) is 3.18. The maximum atomic E-state index is 12.7. The SMILES string of the molecule is CC\C=C/C=C\C=C/C=C\C=C/CCCCCC(=O)OCC(COC(=O)CCCCCCCCCCCC)OC(=O)CCCCCCC/C=C\CCCCC. The normalized spacial score (nSPS) is 12.7. The third-order valence-electron chi connectivity index (χ3n) is 9.32. The van der Waals surface area contributed by atoms with Crippen LogP contribution < -0.4 is 0 Å². The van der Waals surface area contributed by atoms with Crippen molar-refractivity contribution in [2.45, 2.75) is 207 Å². The van der Waals surface area contributed by atoms with E-state index in [0.717, 1.165) is 83.5 Å². The Kier molecular flexibility index (Phi) is 41.1. The first-order valence-electron chi connectivity index (χ1n) is 22.5. The molecule has 0 spiro atoms. The Morgan fingerprint density at radius 1 is 0.382 bits per heavy atom. The fourth-order valence-corrected chi connectivity index (χ4v) is 5.93. The van der Waals surface area contributed by atoms with E-state index in [1.54, 1.807) is 0 Å². The van der Waals surface area contributed by atoms with Crippen LogP contribution in [0.2, 0.25) is 0 Å². The summed E-state index contributed by atoms with van der Waals surface area (Å²) in [5, 5.41) is 0. The van der Waals surface area contributed by atoms with Crippen molar-refractivity contribution in [1.29, 1.82) is 0 Å². The Morgan fingerprint density at radius 2 is 0.727 bits per heavy atom. The van der Waals surface area contributed by atoms with Gasteiger partial charge in [0.15, 0.2) is 6.10 Å². The molecule has 55 heavy (non-hydrogen) atoms. The lowest BCUT2D eigenvalue weighted by Crippen LogP contribution is -2.30. The number of ether oxygens (including phenoxy) is 3. The van der Waals surface area contributed by atoms with E-state index in [4.69, 9.17) is 14.2 Å². The first-order chi connectivity index (χ1) is 27.0. The summed E-state index contributed by atoms with van der Waals surface area (Å²) < 4.78 is 16.6. The molecule has 0 aliphatic heterocycles. The number of unbranched alkanes of at least 4 members (excludes halogenated alkanes) is 20. The molecule has 0 aliphatic rings. The molecule has 1 atom stereocenters. The van der Waals surface area contributed by atoms with Crippen LogP contribution in [0.3, 0.4) is 0 Å². The fraction of sp³-hybridized carbons (Fsp3) is 0.694. The van der Waals surface area contributed by atoms with Gasteiger partial charge in [-0.25, -0.2) is 0 Å². The standard InChI is InChI=1S/C49H82O6/c1-4-7-10-13-16-19-22-24-25-26-28-30-33-36-39-42-48(51)54-45-46(44-53-47(50)41-38-35-32-29-21-18-15-12-9-6-3)55-49(52)43-40-37-34-31-27-23-20-17-14-11-8-5-2/h7,10,13,16-17,19-20,22,24-26,28,46H,4-6,8-9,11-12,14-15,18,21,23,27,29-45H2,1-3H3/b10-7-,16-13-,20-17-,22-19-,25-24-,28-26-. The van der Waals surface area contributed by atoms with Crippen LogP contribution in [0, 0.1) is 0 Å². The maximum Gasteiger partial charge on any atom is 0.306 e. The van der Waals surface area contributed by atoms with Crippen molar-refractivity contribution >= 4 is 17.9 Å². The summed E-state index contributed by atoms with van der Waals surface area (Å²) in [5.41, 5.74) is 0. The minimum absolute atomic E-state index is 0.0921. The lowest BCUT2D eigenvalue weighted by atomic mass is 10.1. The Bertz CT molecular complexity index is 1070. The van der Waals surface area contributed by atoms with Crippen molar-refractivity contribution in [1.82, 2.24) is 0 Å². The van der Waals surface area contributed by atoms with Crippen molar-refractivity contribution in [3.63, 3.8) is 0 Å². The molecular formula is C49H82O6.